The molecule has 0 aliphatic heterocycles. The number of aromatic nitrogens is 3. The van der Waals surface area contributed by atoms with Gasteiger partial charge in [-0.2, -0.15) is 0 Å². The van der Waals surface area contributed by atoms with Crippen LogP contribution in [0.4, 0.5) is 0 Å². The predicted molar refractivity (Wildman–Crippen MR) is 21.0 cm³/mol. The average molecular weight is 84.1 g/mol. The van der Waals surface area contributed by atoms with Gasteiger partial charge < -0.3 is 0 Å². The third-order valence-corrected chi connectivity index (χ3v) is 0.488. The maximum Gasteiger partial charge on any atom is 0.0877 e. The first-order valence-electron chi connectivity index (χ1n) is 2.12. The van der Waals surface area contributed by atoms with Crippen LogP contribution < -0.4 is 0 Å². The SMILES string of the molecule is [2H]c1cn(C)nn1. The van der Waals surface area contributed by atoms with E-state index in [-0.39, 0.29) is 6.17 Å². The van der Waals surface area contributed by atoms with Crippen molar-refractivity contribution in [2.24, 2.45) is 7.05 Å². The molecule has 6 heavy (non-hydrogen) atoms. The van der Waals surface area contributed by atoms with E-state index >= 15 is 0 Å². The molecule has 0 spiro atoms. The number of hydrogen-bond donors (Lipinski definition) is 0. The molecular weight excluding hydrogens is 78.1 g/mol. The summed E-state index contributed by atoms with van der Waals surface area (Å²) in [6, 6.07) is 0. The molecule has 3 heteroatoms. The van der Waals surface area contributed by atoms with Gasteiger partial charge >= 0.3 is 0 Å². The molecule has 0 aliphatic carbocycles. The lowest BCUT2D eigenvalue weighted by atomic mass is 10.9. The normalized spacial score (nSPS) is 11.2. The maximum absolute atomic E-state index is 6.82. The Morgan fingerprint density at radius 3 is 3.00 bits per heavy atom. The first-order valence-corrected chi connectivity index (χ1v) is 1.62. The summed E-state index contributed by atoms with van der Waals surface area (Å²) in [5.74, 6) is 0. The molecule has 3 nitrogen and oxygen atoms in total. The van der Waals surface area contributed by atoms with Gasteiger partial charge in [0.1, 0.15) is 0 Å². The van der Waals surface area contributed by atoms with Crippen molar-refractivity contribution >= 4 is 0 Å². The minimum absolute atomic E-state index is 0.211. The Labute approximate surface area is 37.0 Å². The summed E-state index contributed by atoms with van der Waals surface area (Å²) in [5.41, 5.74) is 0. The first-order chi connectivity index (χ1) is 3.29. The van der Waals surface area contributed by atoms with Crippen molar-refractivity contribution < 1.29 is 1.37 Å². The zero-order valence-corrected chi connectivity index (χ0v) is 3.42. The average Bonchev–Trinajstić information content (AvgIpc) is 1.87. The summed E-state index contributed by atoms with van der Waals surface area (Å²) in [6.07, 6.45) is 1.74. The lowest BCUT2D eigenvalue weighted by Crippen LogP contribution is -1.85. The fourth-order valence-electron chi connectivity index (χ4n) is 0.232. The Hall–Kier alpha value is -0.860. The van der Waals surface area contributed by atoms with Crippen LogP contribution in [0.1, 0.15) is 1.37 Å². The van der Waals surface area contributed by atoms with E-state index in [9.17, 15) is 0 Å². The number of nitrogens with zero attached hydrogens (tertiary/aromatic N) is 3. The fraction of sp³-hybridized carbons (Fsp3) is 0.333. The molecule has 0 aliphatic rings. The summed E-state index contributed by atoms with van der Waals surface area (Å²) < 4.78 is 8.31. The molecule has 1 heterocycles. The minimum Gasteiger partial charge on any atom is -0.256 e. The van der Waals surface area contributed by atoms with Gasteiger partial charge in [0.05, 0.1) is 7.54 Å². The van der Waals surface area contributed by atoms with Crippen molar-refractivity contribution in [3.8, 4) is 0 Å². The van der Waals surface area contributed by atoms with Gasteiger partial charge in [0, 0.05) is 13.2 Å². The summed E-state index contributed by atoms with van der Waals surface area (Å²) in [6.45, 7) is 0. The van der Waals surface area contributed by atoms with Gasteiger partial charge in [-0.1, -0.05) is 5.21 Å². The Morgan fingerprint density at radius 1 is 2.00 bits per heavy atom. The van der Waals surface area contributed by atoms with Crippen LogP contribution in [0.2, 0.25) is 0 Å². The van der Waals surface area contributed by atoms with Crippen molar-refractivity contribution in [2.45, 2.75) is 0 Å². The van der Waals surface area contributed by atoms with Crippen LogP contribution in [0, 0.1) is 0 Å². The highest BCUT2D eigenvalue weighted by molar-refractivity contribution is 4.59. The molecule has 0 fully saturated rings. The van der Waals surface area contributed by atoms with Crippen molar-refractivity contribution in [3.63, 3.8) is 0 Å². The summed E-state index contributed by atoms with van der Waals surface area (Å²) in [7, 11) is 1.73. The van der Waals surface area contributed by atoms with Crippen LogP contribution in [0.3, 0.4) is 0 Å². The third-order valence-electron chi connectivity index (χ3n) is 0.488. The van der Waals surface area contributed by atoms with Crippen molar-refractivity contribution in [3.05, 3.63) is 12.4 Å². The van der Waals surface area contributed by atoms with Crippen molar-refractivity contribution in [1.29, 1.82) is 0 Å². The number of hydrogen-bond acceptors (Lipinski definition) is 2. The predicted octanol–water partition coefficient (Wildman–Crippen LogP) is -0.185. The molecule has 0 unspecified atom stereocenters. The molecule has 0 bridgehead atoms. The zero-order chi connectivity index (χ0) is 5.28. The Balaban J connectivity index is 3.04. The Morgan fingerprint density at radius 2 is 2.83 bits per heavy atom. The number of aryl methyl sites for hydroxylation is 1. The van der Waals surface area contributed by atoms with Gasteiger partial charge in [-0.05, 0) is 0 Å². The van der Waals surface area contributed by atoms with Crippen molar-refractivity contribution in [2.75, 3.05) is 0 Å². The topological polar surface area (TPSA) is 30.7 Å². The maximum atomic E-state index is 6.82. The van der Waals surface area contributed by atoms with Crippen LogP contribution >= 0.6 is 0 Å². The van der Waals surface area contributed by atoms with E-state index in [2.05, 4.69) is 10.3 Å². The summed E-state index contributed by atoms with van der Waals surface area (Å²) in [5, 5.41) is 6.89. The highest BCUT2D eigenvalue weighted by atomic mass is 15.4. The van der Waals surface area contributed by atoms with E-state index in [1.165, 1.54) is 10.9 Å². The lowest BCUT2D eigenvalue weighted by Gasteiger charge is -1.74. The minimum atomic E-state index is 0.211. The van der Waals surface area contributed by atoms with Gasteiger partial charge in [-0.15, -0.1) is 5.10 Å². The van der Waals surface area contributed by atoms with E-state index in [0.717, 1.165) is 0 Å². The molecule has 0 radical (unpaired) electrons. The first kappa shape index (κ1) is 2.34. The van der Waals surface area contributed by atoms with E-state index in [1.807, 2.05) is 0 Å². The van der Waals surface area contributed by atoms with E-state index in [4.69, 9.17) is 1.37 Å². The van der Waals surface area contributed by atoms with E-state index in [1.54, 1.807) is 7.05 Å². The molecule has 0 atom stereocenters. The highest BCUT2D eigenvalue weighted by Gasteiger charge is 1.70. The monoisotopic (exact) mass is 84.1 g/mol. The Bertz CT molecular complexity index is 142. The molecule has 1 aromatic rings. The smallest absolute Gasteiger partial charge is 0.0877 e. The molecule has 0 saturated heterocycles. The Kier molecular flexibility index (Phi) is 0.422. The molecule has 0 aromatic carbocycles. The van der Waals surface area contributed by atoms with Crippen LogP contribution in [0.5, 0.6) is 0 Å². The largest absolute Gasteiger partial charge is 0.256 e. The molecule has 0 saturated carbocycles. The second-order valence-corrected chi connectivity index (χ2v) is 1.02. The second kappa shape index (κ2) is 1.08. The van der Waals surface area contributed by atoms with Crippen LogP contribution in [-0.4, -0.2) is 15.0 Å². The lowest BCUT2D eigenvalue weighted by molar-refractivity contribution is 0.715. The van der Waals surface area contributed by atoms with Crippen molar-refractivity contribution in [1.82, 2.24) is 15.0 Å². The summed E-state index contributed by atoms with van der Waals surface area (Å²) in [4.78, 5) is 0. The van der Waals surface area contributed by atoms with E-state index in [0.29, 0.717) is 0 Å². The highest BCUT2D eigenvalue weighted by Crippen LogP contribution is 1.66. The standard InChI is InChI=1S/C3H5N3/c1-6-3-2-4-5-6/h2-3H,1H3/i2D. The quantitative estimate of drug-likeness (QED) is 0.436. The second-order valence-electron chi connectivity index (χ2n) is 1.02. The third kappa shape index (κ3) is 0.381. The van der Waals surface area contributed by atoms with Crippen LogP contribution in [-0.2, 0) is 7.05 Å². The fourth-order valence-corrected chi connectivity index (χ4v) is 0.232. The van der Waals surface area contributed by atoms with Gasteiger partial charge in [0.15, 0.2) is 0 Å². The van der Waals surface area contributed by atoms with Gasteiger partial charge in [-0.3, -0.25) is 4.68 Å². The molecule has 1 rings (SSSR count). The summed E-state index contributed by atoms with van der Waals surface area (Å²) >= 11 is 0. The van der Waals surface area contributed by atoms with Gasteiger partial charge in [-0.25, -0.2) is 0 Å². The van der Waals surface area contributed by atoms with Gasteiger partial charge in [0.25, 0.3) is 0 Å². The molecule has 32 valence electrons. The number of rotatable bonds is 0. The zero-order valence-electron chi connectivity index (χ0n) is 4.42. The van der Waals surface area contributed by atoms with E-state index < -0.39 is 0 Å². The molecule has 0 amide bonds. The van der Waals surface area contributed by atoms with Crippen LogP contribution in [0.15, 0.2) is 12.4 Å². The molecule has 1 aromatic heterocycles. The van der Waals surface area contributed by atoms with Gasteiger partial charge in [0.2, 0.25) is 0 Å². The molecular formula is C3H5N3. The molecule has 0 N–H and O–H groups in total. The van der Waals surface area contributed by atoms with Crippen LogP contribution in [0.25, 0.3) is 0 Å².